The van der Waals surface area contributed by atoms with Crippen LogP contribution in [0.2, 0.25) is 0 Å². The van der Waals surface area contributed by atoms with Crippen LogP contribution in [0, 0.1) is 0 Å². The first kappa shape index (κ1) is 13.5. The third kappa shape index (κ3) is 4.32. The van der Waals surface area contributed by atoms with Crippen LogP contribution in [-0.2, 0) is 0 Å². The smallest absolute Gasteiger partial charge is 0.162 e. The fourth-order valence-corrected chi connectivity index (χ4v) is 1.81. The predicted octanol–water partition coefficient (Wildman–Crippen LogP) is 3.50. The first-order chi connectivity index (χ1) is 9.40. The Bertz CT molecular complexity index is 471. The molecule has 1 aromatic carbocycles. The SMILES string of the molecule is CCCCCCOc1ccc(-c2ncncn2)cc1. The van der Waals surface area contributed by atoms with Gasteiger partial charge < -0.3 is 4.74 Å². The number of benzene rings is 1. The van der Waals surface area contributed by atoms with Crippen LogP contribution in [0.25, 0.3) is 11.4 Å². The zero-order valence-corrected chi connectivity index (χ0v) is 11.2. The average molecular weight is 257 g/mol. The summed E-state index contributed by atoms with van der Waals surface area (Å²) in [5.41, 5.74) is 0.973. The topological polar surface area (TPSA) is 47.9 Å². The van der Waals surface area contributed by atoms with E-state index in [1.54, 1.807) is 0 Å². The first-order valence-electron chi connectivity index (χ1n) is 6.75. The molecule has 2 rings (SSSR count). The summed E-state index contributed by atoms with van der Waals surface area (Å²) in [5, 5.41) is 0. The van der Waals surface area contributed by atoms with Gasteiger partial charge in [0.05, 0.1) is 6.61 Å². The minimum absolute atomic E-state index is 0.685. The van der Waals surface area contributed by atoms with E-state index in [0.29, 0.717) is 5.82 Å². The van der Waals surface area contributed by atoms with Gasteiger partial charge in [-0.05, 0) is 30.7 Å². The van der Waals surface area contributed by atoms with Gasteiger partial charge in [-0.1, -0.05) is 26.2 Å². The van der Waals surface area contributed by atoms with Crippen LogP contribution in [0.15, 0.2) is 36.9 Å². The molecule has 1 aromatic heterocycles. The third-order valence-corrected chi connectivity index (χ3v) is 2.87. The van der Waals surface area contributed by atoms with Crippen molar-refractivity contribution in [3.63, 3.8) is 0 Å². The van der Waals surface area contributed by atoms with E-state index in [2.05, 4.69) is 21.9 Å². The van der Waals surface area contributed by atoms with Crippen LogP contribution in [0.5, 0.6) is 5.75 Å². The summed E-state index contributed by atoms with van der Waals surface area (Å²) in [6.45, 7) is 2.99. The number of aromatic nitrogens is 3. The Kier molecular flexibility index (Phi) is 5.29. The van der Waals surface area contributed by atoms with Crippen molar-refractivity contribution < 1.29 is 4.74 Å². The normalized spacial score (nSPS) is 10.4. The van der Waals surface area contributed by atoms with Crippen molar-refractivity contribution >= 4 is 0 Å². The lowest BCUT2D eigenvalue weighted by Gasteiger charge is -2.06. The van der Waals surface area contributed by atoms with Gasteiger partial charge in [-0.2, -0.15) is 0 Å². The Labute approximate surface area is 113 Å². The monoisotopic (exact) mass is 257 g/mol. The van der Waals surface area contributed by atoms with Gasteiger partial charge in [-0.25, -0.2) is 15.0 Å². The molecule has 0 N–H and O–H groups in total. The number of ether oxygens (including phenoxy) is 1. The summed E-state index contributed by atoms with van der Waals surface area (Å²) < 4.78 is 5.69. The zero-order valence-electron chi connectivity index (χ0n) is 11.2. The van der Waals surface area contributed by atoms with E-state index in [9.17, 15) is 0 Å². The molecule has 4 heteroatoms. The summed E-state index contributed by atoms with van der Waals surface area (Å²) in [4.78, 5) is 12.0. The van der Waals surface area contributed by atoms with E-state index in [1.165, 1.54) is 31.9 Å². The fourth-order valence-electron chi connectivity index (χ4n) is 1.81. The summed E-state index contributed by atoms with van der Waals surface area (Å²) in [7, 11) is 0. The molecule has 0 aliphatic rings. The lowest BCUT2D eigenvalue weighted by atomic mass is 10.2. The molecule has 0 aliphatic heterocycles. The molecule has 0 atom stereocenters. The highest BCUT2D eigenvalue weighted by atomic mass is 16.5. The molecule has 0 bridgehead atoms. The summed E-state index contributed by atoms with van der Waals surface area (Å²) in [6.07, 6.45) is 7.88. The molecular weight excluding hydrogens is 238 g/mol. The van der Waals surface area contributed by atoms with E-state index in [-0.39, 0.29) is 0 Å². The van der Waals surface area contributed by atoms with E-state index in [4.69, 9.17) is 4.74 Å². The molecule has 0 unspecified atom stereocenters. The highest BCUT2D eigenvalue weighted by Gasteiger charge is 2.00. The Morgan fingerprint density at radius 1 is 0.947 bits per heavy atom. The van der Waals surface area contributed by atoms with Crippen molar-refractivity contribution in [2.45, 2.75) is 32.6 Å². The van der Waals surface area contributed by atoms with Crippen LogP contribution in [-0.4, -0.2) is 21.6 Å². The van der Waals surface area contributed by atoms with E-state index in [1.807, 2.05) is 24.3 Å². The van der Waals surface area contributed by atoms with E-state index >= 15 is 0 Å². The molecule has 19 heavy (non-hydrogen) atoms. The van der Waals surface area contributed by atoms with E-state index in [0.717, 1.165) is 24.3 Å². The first-order valence-corrected chi connectivity index (χ1v) is 6.75. The van der Waals surface area contributed by atoms with Crippen molar-refractivity contribution in [3.8, 4) is 17.1 Å². The number of hydrogen-bond acceptors (Lipinski definition) is 4. The Morgan fingerprint density at radius 3 is 2.37 bits per heavy atom. The molecule has 0 aliphatic carbocycles. The third-order valence-electron chi connectivity index (χ3n) is 2.87. The van der Waals surface area contributed by atoms with Crippen molar-refractivity contribution in [2.75, 3.05) is 6.61 Å². The van der Waals surface area contributed by atoms with Crippen molar-refractivity contribution in [2.24, 2.45) is 0 Å². The van der Waals surface area contributed by atoms with Gasteiger partial charge in [-0.3, -0.25) is 0 Å². The highest BCUT2D eigenvalue weighted by molar-refractivity contribution is 5.55. The number of hydrogen-bond donors (Lipinski definition) is 0. The summed E-state index contributed by atoms with van der Waals surface area (Å²) >= 11 is 0. The molecule has 0 fully saturated rings. The molecular formula is C15H19N3O. The maximum Gasteiger partial charge on any atom is 0.162 e. The van der Waals surface area contributed by atoms with Crippen LogP contribution in [0.4, 0.5) is 0 Å². The van der Waals surface area contributed by atoms with Gasteiger partial charge in [0.15, 0.2) is 5.82 Å². The molecule has 2 aromatic rings. The maximum absolute atomic E-state index is 5.69. The van der Waals surface area contributed by atoms with E-state index < -0.39 is 0 Å². The lowest BCUT2D eigenvalue weighted by Crippen LogP contribution is -1.97. The molecule has 0 amide bonds. The quantitative estimate of drug-likeness (QED) is 0.712. The second-order valence-electron chi connectivity index (χ2n) is 4.40. The molecule has 100 valence electrons. The Hall–Kier alpha value is -1.97. The fraction of sp³-hybridized carbons (Fsp3) is 0.400. The van der Waals surface area contributed by atoms with Crippen molar-refractivity contribution in [1.82, 2.24) is 15.0 Å². The second kappa shape index (κ2) is 7.46. The van der Waals surface area contributed by atoms with Gasteiger partial charge in [-0.15, -0.1) is 0 Å². The number of nitrogens with zero attached hydrogens (tertiary/aromatic N) is 3. The molecule has 0 spiro atoms. The van der Waals surface area contributed by atoms with Crippen molar-refractivity contribution in [1.29, 1.82) is 0 Å². The molecule has 0 saturated carbocycles. The van der Waals surface area contributed by atoms with Gasteiger partial charge in [0.1, 0.15) is 18.4 Å². The van der Waals surface area contributed by atoms with Gasteiger partial charge in [0.25, 0.3) is 0 Å². The molecule has 0 radical (unpaired) electrons. The minimum Gasteiger partial charge on any atom is -0.494 e. The van der Waals surface area contributed by atoms with Crippen LogP contribution >= 0.6 is 0 Å². The van der Waals surface area contributed by atoms with Gasteiger partial charge in [0, 0.05) is 5.56 Å². The zero-order chi connectivity index (χ0) is 13.3. The maximum atomic E-state index is 5.69. The van der Waals surface area contributed by atoms with Gasteiger partial charge >= 0.3 is 0 Å². The second-order valence-corrected chi connectivity index (χ2v) is 4.40. The summed E-state index contributed by atoms with van der Waals surface area (Å²) in [5.74, 6) is 1.58. The van der Waals surface area contributed by atoms with Crippen molar-refractivity contribution in [3.05, 3.63) is 36.9 Å². The summed E-state index contributed by atoms with van der Waals surface area (Å²) in [6, 6.07) is 7.85. The molecule has 1 heterocycles. The molecule has 4 nitrogen and oxygen atoms in total. The number of rotatable bonds is 7. The lowest BCUT2D eigenvalue weighted by molar-refractivity contribution is 0.305. The van der Waals surface area contributed by atoms with Crippen LogP contribution < -0.4 is 4.74 Å². The molecule has 0 saturated heterocycles. The largest absolute Gasteiger partial charge is 0.494 e. The van der Waals surface area contributed by atoms with Crippen LogP contribution in [0.3, 0.4) is 0 Å². The minimum atomic E-state index is 0.685. The Morgan fingerprint density at radius 2 is 1.68 bits per heavy atom. The predicted molar refractivity (Wildman–Crippen MR) is 74.9 cm³/mol. The highest BCUT2D eigenvalue weighted by Crippen LogP contribution is 2.18. The number of unbranched alkanes of at least 4 members (excludes halogenated alkanes) is 3. The standard InChI is InChI=1S/C15H19N3O/c1-2-3-4-5-10-19-14-8-6-13(7-9-14)15-17-11-16-12-18-15/h6-9,11-12H,2-5,10H2,1H3. The average Bonchev–Trinajstić information content (AvgIpc) is 2.49. The van der Waals surface area contributed by atoms with Gasteiger partial charge in [0.2, 0.25) is 0 Å². The van der Waals surface area contributed by atoms with Crippen LogP contribution in [0.1, 0.15) is 32.6 Å². The Balaban J connectivity index is 1.85.